The van der Waals surface area contributed by atoms with E-state index in [2.05, 4.69) is 193 Å². The van der Waals surface area contributed by atoms with Crippen molar-refractivity contribution in [2.45, 2.75) is 5.41 Å². The molecule has 51 heavy (non-hydrogen) atoms. The molecule has 1 heterocycles. The van der Waals surface area contributed by atoms with Crippen molar-refractivity contribution in [3.63, 3.8) is 0 Å². The highest BCUT2D eigenvalue weighted by molar-refractivity contribution is 5.97. The predicted octanol–water partition coefficient (Wildman–Crippen LogP) is 12.9. The number of fused-ring (bicyclic) bond motifs is 12. The van der Waals surface area contributed by atoms with Crippen LogP contribution in [-0.2, 0) is 5.41 Å². The Bertz CT molecular complexity index is 2520. The summed E-state index contributed by atoms with van der Waals surface area (Å²) in [5, 5.41) is 0. The van der Waals surface area contributed by atoms with Crippen molar-refractivity contribution in [3.05, 3.63) is 210 Å². The van der Waals surface area contributed by atoms with Gasteiger partial charge in [0.15, 0.2) is 11.5 Å². The number of nitrogens with zero attached hydrogens (tertiary/aromatic N) is 1. The van der Waals surface area contributed by atoms with E-state index in [9.17, 15) is 0 Å². The van der Waals surface area contributed by atoms with Crippen molar-refractivity contribution < 1.29 is 4.74 Å². The molecule has 0 radical (unpaired) electrons. The molecule has 0 saturated carbocycles. The third-order valence-corrected chi connectivity index (χ3v) is 11.1. The summed E-state index contributed by atoms with van der Waals surface area (Å²) in [5.74, 6) is 1.68. The fourth-order valence-corrected chi connectivity index (χ4v) is 8.93. The van der Waals surface area contributed by atoms with Crippen LogP contribution in [0.4, 0.5) is 17.1 Å². The summed E-state index contributed by atoms with van der Waals surface area (Å²) in [6, 6.07) is 68.4. The number of hydrogen-bond acceptors (Lipinski definition) is 2. The lowest BCUT2D eigenvalue weighted by Crippen LogP contribution is -2.26. The molecule has 0 amide bonds. The van der Waals surface area contributed by atoms with E-state index in [0.717, 1.165) is 39.7 Å². The van der Waals surface area contributed by atoms with Crippen molar-refractivity contribution in [2.24, 2.45) is 0 Å². The topological polar surface area (TPSA) is 12.5 Å². The third kappa shape index (κ3) is 3.93. The molecule has 2 aliphatic carbocycles. The third-order valence-electron chi connectivity index (χ3n) is 11.1. The first-order valence-corrected chi connectivity index (χ1v) is 17.6. The zero-order chi connectivity index (χ0) is 33.5. The smallest absolute Gasteiger partial charge is 0.151 e. The molecule has 11 rings (SSSR count). The Morgan fingerprint density at radius 3 is 1.25 bits per heavy atom. The minimum atomic E-state index is -0.426. The molecule has 2 nitrogen and oxygen atoms in total. The summed E-state index contributed by atoms with van der Waals surface area (Å²) in [5.41, 5.74) is 17.9. The first-order chi connectivity index (χ1) is 25.3. The SMILES string of the molecule is c1ccc(-c2ccc3c(c2)N(c2ccc4c(c2)C2(c5ccccc5-c5ccccc52)c2ccccc2-4)c2cc(-c4ccccc4)ccc2O3)cc1. The molecule has 0 saturated heterocycles. The van der Waals surface area contributed by atoms with Crippen molar-refractivity contribution in [3.8, 4) is 56.0 Å². The van der Waals surface area contributed by atoms with Gasteiger partial charge in [0.2, 0.25) is 0 Å². The van der Waals surface area contributed by atoms with E-state index in [0.29, 0.717) is 0 Å². The summed E-state index contributed by atoms with van der Waals surface area (Å²) >= 11 is 0. The molecule has 0 N–H and O–H groups in total. The van der Waals surface area contributed by atoms with E-state index in [1.807, 2.05) is 0 Å². The van der Waals surface area contributed by atoms with Crippen LogP contribution in [0.3, 0.4) is 0 Å². The lowest BCUT2D eigenvalue weighted by atomic mass is 9.70. The zero-order valence-corrected chi connectivity index (χ0v) is 27.8. The maximum atomic E-state index is 6.70. The minimum absolute atomic E-state index is 0.426. The van der Waals surface area contributed by atoms with Gasteiger partial charge in [0, 0.05) is 5.69 Å². The maximum absolute atomic E-state index is 6.70. The quantitative estimate of drug-likeness (QED) is 0.189. The van der Waals surface area contributed by atoms with Crippen LogP contribution in [0.25, 0.3) is 44.5 Å². The van der Waals surface area contributed by atoms with Crippen LogP contribution < -0.4 is 9.64 Å². The van der Waals surface area contributed by atoms with Crippen LogP contribution in [0.15, 0.2) is 188 Å². The number of ether oxygens (including phenoxy) is 1. The lowest BCUT2D eigenvalue weighted by Gasteiger charge is -2.35. The highest BCUT2D eigenvalue weighted by Crippen LogP contribution is 2.64. The van der Waals surface area contributed by atoms with Crippen molar-refractivity contribution >= 4 is 17.1 Å². The fraction of sp³-hybridized carbons (Fsp3) is 0.0204. The molecule has 0 fully saturated rings. The summed E-state index contributed by atoms with van der Waals surface area (Å²) in [7, 11) is 0. The van der Waals surface area contributed by atoms with Crippen LogP contribution in [0.1, 0.15) is 22.3 Å². The largest absolute Gasteiger partial charge is 0.453 e. The number of rotatable bonds is 3. The van der Waals surface area contributed by atoms with E-state index in [-0.39, 0.29) is 0 Å². The molecule has 0 atom stereocenters. The van der Waals surface area contributed by atoms with E-state index in [1.54, 1.807) is 0 Å². The molecular weight excluding hydrogens is 619 g/mol. The molecule has 8 aromatic rings. The predicted molar refractivity (Wildman–Crippen MR) is 208 cm³/mol. The Labute approximate surface area is 297 Å². The molecule has 2 heteroatoms. The van der Waals surface area contributed by atoms with Crippen LogP contribution >= 0.6 is 0 Å². The van der Waals surface area contributed by atoms with E-state index in [4.69, 9.17) is 4.74 Å². The minimum Gasteiger partial charge on any atom is -0.453 e. The van der Waals surface area contributed by atoms with Gasteiger partial charge in [-0.05, 0) is 103 Å². The normalized spacial score (nSPS) is 13.8. The average molecular weight is 650 g/mol. The van der Waals surface area contributed by atoms with Crippen molar-refractivity contribution in [2.75, 3.05) is 4.90 Å². The molecule has 1 aliphatic heterocycles. The summed E-state index contributed by atoms with van der Waals surface area (Å²) in [6.45, 7) is 0. The van der Waals surface area contributed by atoms with Crippen LogP contribution in [0.5, 0.6) is 11.5 Å². The summed E-state index contributed by atoms with van der Waals surface area (Å²) in [6.07, 6.45) is 0. The Kier molecular flexibility index (Phi) is 5.91. The monoisotopic (exact) mass is 649 g/mol. The van der Waals surface area contributed by atoms with Crippen LogP contribution in [0, 0.1) is 0 Å². The Morgan fingerprint density at radius 1 is 0.333 bits per heavy atom. The van der Waals surface area contributed by atoms with E-state index < -0.39 is 5.41 Å². The van der Waals surface area contributed by atoms with Gasteiger partial charge >= 0.3 is 0 Å². The first kappa shape index (κ1) is 28.2. The number of anilines is 3. The molecule has 0 aromatic heterocycles. The van der Waals surface area contributed by atoms with Gasteiger partial charge in [0.1, 0.15) is 0 Å². The Hall–Kier alpha value is -6.64. The molecule has 0 unspecified atom stereocenters. The molecule has 3 aliphatic rings. The highest BCUT2D eigenvalue weighted by Gasteiger charge is 2.51. The van der Waals surface area contributed by atoms with Gasteiger partial charge in [0.25, 0.3) is 0 Å². The molecule has 238 valence electrons. The highest BCUT2D eigenvalue weighted by atomic mass is 16.5. The fourth-order valence-electron chi connectivity index (χ4n) is 8.93. The van der Waals surface area contributed by atoms with Gasteiger partial charge in [-0.1, -0.05) is 152 Å². The summed E-state index contributed by atoms with van der Waals surface area (Å²) in [4.78, 5) is 2.41. The summed E-state index contributed by atoms with van der Waals surface area (Å²) < 4.78 is 6.70. The van der Waals surface area contributed by atoms with Crippen molar-refractivity contribution in [1.29, 1.82) is 0 Å². The van der Waals surface area contributed by atoms with E-state index in [1.165, 1.54) is 55.6 Å². The lowest BCUT2D eigenvalue weighted by molar-refractivity contribution is 0.477. The first-order valence-electron chi connectivity index (χ1n) is 17.6. The molecular formula is C49H31NO. The number of hydrogen-bond donors (Lipinski definition) is 0. The van der Waals surface area contributed by atoms with E-state index >= 15 is 0 Å². The van der Waals surface area contributed by atoms with Gasteiger partial charge in [-0.15, -0.1) is 0 Å². The van der Waals surface area contributed by atoms with Gasteiger partial charge in [-0.25, -0.2) is 0 Å². The van der Waals surface area contributed by atoms with Crippen LogP contribution in [-0.4, -0.2) is 0 Å². The second-order valence-corrected chi connectivity index (χ2v) is 13.7. The van der Waals surface area contributed by atoms with Gasteiger partial charge < -0.3 is 9.64 Å². The van der Waals surface area contributed by atoms with Gasteiger partial charge in [-0.2, -0.15) is 0 Å². The average Bonchev–Trinajstić information content (AvgIpc) is 3.67. The second kappa shape index (κ2) is 10.7. The zero-order valence-electron chi connectivity index (χ0n) is 27.8. The maximum Gasteiger partial charge on any atom is 0.151 e. The Balaban J connectivity index is 1.19. The van der Waals surface area contributed by atoms with Crippen molar-refractivity contribution in [1.82, 2.24) is 0 Å². The van der Waals surface area contributed by atoms with Gasteiger partial charge in [-0.3, -0.25) is 0 Å². The Morgan fingerprint density at radius 2 is 0.765 bits per heavy atom. The molecule has 0 bridgehead atoms. The number of benzene rings is 8. The standard InChI is InChI=1S/C49H31NO/c1-3-13-32(14-4-1)34-23-27-47-45(29-34)50(46-30-35(24-28-48(46)51-47)33-15-5-2-6-16-33)36-25-26-40-39-19-9-12-22-43(39)49(44(40)31-36)41-20-10-7-17-37(41)38-18-8-11-21-42(38)49/h1-31H. The van der Waals surface area contributed by atoms with Crippen LogP contribution in [0.2, 0.25) is 0 Å². The second-order valence-electron chi connectivity index (χ2n) is 13.7. The molecule has 8 aromatic carbocycles. The van der Waals surface area contributed by atoms with Gasteiger partial charge in [0.05, 0.1) is 16.8 Å². The molecule has 1 spiro atoms.